The summed E-state index contributed by atoms with van der Waals surface area (Å²) in [6.45, 7) is 0. The maximum absolute atomic E-state index is 2.26. The van der Waals surface area contributed by atoms with Gasteiger partial charge in [-0.15, -0.1) is 0 Å². The van der Waals surface area contributed by atoms with Gasteiger partial charge in [0.05, 0.1) is 0 Å². The Kier molecular flexibility index (Phi) is 2.92. The Hall–Kier alpha value is -1.14. The first-order valence-corrected chi connectivity index (χ1v) is 12.4. The molecule has 0 aromatic heterocycles. The van der Waals surface area contributed by atoms with E-state index in [0.717, 1.165) is 0 Å². The fourth-order valence-corrected chi connectivity index (χ4v) is 11.0. The Morgan fingerprint density at radius 2 is 1.00 bits per heavy atom. The zero-order chi connectivity index (χ0) is 12.7. The first-order chi connectivity index (χ1) is 9.42. The average Bonchev–Trinajstić information content (AvgIpc) is 3.38. The van der Waals surface area contributed by atoms with Crippen molar-refractivity contribution in [3.8, 4) is 0 Å². The summed E-state index contributed by atoms with van der Waals surface area (Å²) >= 11 is -0.914. The number of hydrogen-bond donors (Lipinski definition) is 0. The summed E-state index contributed by atoms with van der Waals surface area (Å²) < 4.78 is 3.74. The molecule has 0 fully saturated rings. The van der Waals surface area contributed by atoms with Crippen molar-refractivity contribution in [3.05, 3.63) is 78.0 Å². The molecule has 4 rings (SSSR count). The summed E-state index contributed by atoms with van der Waals surface area (Å²) in [7, 11) is 0. The standard InChI is InChI=1S/2C9H7.Hg/c2*1-2-4-8(5-3-1)9-6-7-9;/h2*1-5H,6H2;. The number of benzene rings is 2. The van der Waals surface area contributed by atoms with Crippen LogP contribution in [-0.4, -0.2) is 0 Å². The quantitative estimate of drug-likeness (QED) is 0.617. The van der Waals surface area contributed by atoms with Gasteiger partial charge in [0.1, 0.15) is 0 Å². The van der Waals surface area contributed by atoms with E-state index in [1.165, 1.54) is 24.0 Å². The minimum atomic E-state index is -0.914. The van der Waals surface area contributed by atoms with E-state index in [2.05, 4.69) is 60.7 Å². The van der Waals surface area contributed by atoms with Gasteiger partial charge in [0, 0.05) is 0 Å². The van der Waals surface area contributed by atoms with E-state index in [9.17, 15) is 0 Å². The second-order valence-corrected chi connectivity index (χ2v) is 13.4. The molecule has 19 heavy (non-hydrogen) atoms. The van der Waals surface area contributed by atoms with E-state index < -0.39 is 24.6 Å². The van der Waals surface area contributed by atoms with Crippen LogP contribution in [0.1, 0.15) is 24.0 Å². The van der Waals surface area contributed by atoms with Crippen molar-refractivity contribution in [2.75, 3.05) is 0 Å². The van der Waals surface area contributed by atoms with Crippen LogP contribution in [-0.2, 0) is 24.6 Å². The number of rotatable bonds is 4. The Morgan fingerprint density at radius 1 is 0.579 bits per heavy atom. The third-order valence-corrected chi connectivity index (χ3v) is 12.6. The van der Waals surface area contributed by atoms with Crippen LogP contribution in [0.2, 0.25) is 0 Å². The molecule has 1 heteroatoms. The summed E-state index contributed by atoms with van der Waals surface area (Å²) in [5.74, 6) is 0. The minimum absolute atomic E-state index is 0.914. The van der Waals surface area contributed by atoms with Crippen LogP contribution < -0.4 is 0 Å². The van der Waals surface area contributed by atoms with Gasteiger partial charge in [-0.2, -0.15) is 0 Å². The number of allylic oxidation sites excluding steroid dienone is 4. The van der Waals surface area contributed by atoms with Crippen molar-refractivity contribution in [2.24, 2.45) is 0 Å². The van der Waals surface area contributed by atoms with E-state index in [-0.39, 0.29) is 0 Å². The summed E-state index contributed by atoms with van der Waals surface area (Å²) in [4.78, 5) is 0. The molecular weight excluding hydrogens is 417 g/mol. The third kappa shape index (κ3) is 2.46. The van der Waals surface area contributed by atoms with Gasteiger partial charge in [-0.1, -0.05) is 0 Å². The monoisotopic (exact) mass is 432 g/mol. The number of hydrogen-bond acceptors (Lipinski definition) is 0. The van der Waals surface area contributed by atoms with Crippen molar-refractivity contribution < 1.29 is 24.6 Å². The summed E-state index contributed by atoms with van der Waals surface area (Å²) in [6.07, 6.45) is 2.63. The molecule has 0 N–H and O–H groups in total. The molecule has 0 saturated heterocycles. The SMILES string of the molecule is c1ccc(C2=[C]([Hg][C]3=C(c4ccccc4)C3)C2)cc1. The molecule has 2 aliphatic rings. The molecule has 0 spiro atoms. The van der Waals surface area contributed by atoms with Crippen molar-refractivity contribution in [1.82, 2.24) is 0 Å². The van der Waals surface area contributed by atoms with Gasteiger partial charge >= 0.3 is 127 Å². The molecule has 2 aliphatic carbocycles. The van der Waals surface area contributed by atoms with Gasteiger partial charge in [-0.3, -0.25) is 0 Å². The summed E-state index contributed by atoms with van der Waals surface area (Å²) in [5, 5.41) is 0. The molecule has 0 nitrogen and oxygen atoms in total. The van der Waals surface area contributed by atoms with Crippen LogP contribution in [0, 0.1) is 0 Å². The zero-order valence-electron chi connectivity index (χ0n) is 10.9. The topological polar surface area (TPSA) is 0 Å². The fourth-order valence-electron chi connectivity index (χ4n) is 2.83. The zero-order valence-corrected chi connectivity index (χ0v) is 16.4. The fraction of sp³-hybridized carbons (Fsp3) is 0.111. The second-order valence-electron chi connectivity index (χ2n) is 5.43. The van der Waals surface area contributed by atoms with E-state index in [0.29, 0.717) is 0 Å². The van der Waals surface area contributed by atoms with Crippen LogP contribution in [0.5, 0.6) is 0 Å². The van der Waals surface area contributed by atoms with Crippen LogP contribution >= 0.6 is 0 Å². The van der Waals surface area contributed by atoms with Gasteiger partial charge in [-0.25, -0.2) is 0 Å². The molecule has 0 saturated carbocycles. The van der Waals surface area contributed by atoms with Gasteiger partial charge in [0.2, 0.25) is 0 Å². The van der Waals surface area contributed by atoms with E-state index in [1.807, 2.05) is 6.16 Å². The van der Waals surface area contributed by atoms with Gasteiger partial charge in [-0.05, 0) is 0 Å². The van der Waals surface area contributed by atoms with Gasteiger partial charge in [0.25, 0.3) is 0 Å². The molecule has 0 heterocycles. The maximum atomic E-state index is 2.26. The molecule has 0 radical (unpaired) electrons. The Bertz CT molecular complexity index is 617. The normalized spacial score (nSPS) is 16.4. The Balaban J connectivity index is 1.51. The predicted octanol–water partition coefficient (Wildman–Crippen LogP) is 4.70. The Morgan fingerprint density at radius 3 is 1.42 bits per heavy atom. The van der Waals surface area contributed by atoms with Gasteiger partial charge in [0.15, 0.2) is 0 Å². The van der Waals surface area contributed by atoms with Crippen molar-refractivity contribution in [1.29, 1.82) is 0 Å². The molecule has 88 valence electrons. The van der Waals surface area contributed by atoms with Crippen molar-refractivity contribution >= 4 is 11.1 Å². The average molecular weight is 431 g/mol. The van der Waals surface area contributed by atoms with E-state index in [4.69, 9.17) is 0 Å². The molecule has 0 aliphatic heterocycles. The van der Waals surface area contributed by atoms with Crippen molar-refractivity contribution in [2.45, 2.75) is 12.8 Å². The molecule has 0 bridgehead atoms. The van der Waals surface area contributed by atoms with Crippen molar-refractivity contribution in [3.63, 3.8) is 0 Å². The Labute approximate surface area is 126 Å². The third-order valence-electron chi connectivity index (χ3n) is 4.06. The van der Waals surface area contributed by atoms with Gasteiger partial charge < -0.3 is 0 Å². The molecule has 0 amide bonds. The molecule has 0 atom stereocenters. The van der Waals surface area contributed by atoms with Crippen LogP contribution in [0.15, 0.2) is 66.8 Å². The molecular formula is C18H14Hg. The van der Waals surface area contributed by atoms with Crippen LogP contribution in [0.4, 0.5) is 0 Å². The van der Waals surface area contributed by atoms with E-state index in [1.54, 1.807) is 11.1 Å². The first-order valence-electron chi connectivity index (χ1n) is 6.94. The summed E-state index contributed by atoms with van der Waals surface area (Å²) in [6, 6.07) is 21.9. The van der Waals surface area contributed by atoms with E-state index >= 15 is 0 Å². The molecule has 2 aromatic rings. The predicted molar refractivity (Wildman–Crippen MR) is 76.0 cm³/mol. The molecule has 0 unspecified atom stereocenters. The second kappa shape index (κ2) is 4.75. The molecule has 2 aromatic carbocycles. The summed E-state index contributed by atoms with van der Waals surface area (Å²) in [5.41, 5.74) is 6.29. The first kappa shape index (κ1) is 11.7. The van der Waals surface area contributed by atoms with Crippen LogP contribution in [0.25, 0.3) is 11.1 Å². The van der Waals surface area contributed by atoms with Crippen LogP contribution in [0.3, 0.4) is 0 Å².